The lowest BCUT2D eigenvalue weighted by Gasteiger charge is -2.15. The number of Topliss-reactive ketones (excluding diaryl/α,β-unsaturated/α-hetero) is 1. The second-order valence-electron chi connectivity index (χ2n) is 5.55. The van der Waals surface area contributed by atoms with Crippen LogP contribution >= 0.6 is 0 Å². The molecule has 7 heteroatoms. The predicted molar refractivity (Wildman–Crippen MR) is 90.6 cm³/mol. The minimum Gasteiger partial charge on any atom is -0.449 e. The minimum absolute atomic E-state index is 0.173. The molecule has 1 aromatic carbocycles. The van der Waals surface area contributed by atoms with Crippen molar-refractivity contribution in [1.29, 1.82) is 0 Å². The highest BCUT2D eigenvalue weighted by Crippen LogP contribution is 2.18. The Labute approximate surface area is 145 Å². The van der Waals surface area contributed by atoms with Crippen molar-refractivity contribution in [3.05, 3.63) is 46.8 Å². The number of anilines is 1. The molecule has 1 aromatic heterocycles. The van der Waals surface area contributed by atoms with E-state index in [1.54, 1.807) is 31.2 Å². The lowest BCUT2D eigenvalue weighted by atomic mass is 10.1. The summed E-state index contributed by atoms with van der Waals surface area (Å²) >= 11 is 0. The number of ether oxygens (including phenoxy) is 1. The van der Waals surface area contributed by atoms with Crippen molar-refractivity contribution < 1.29 is 23.6 Å². The summed E-state index contributed by atoms with van der Waals surface area (Å²) < 4.78 is 10.2. The fourth-order valence-corrected chi connectivity index (χ4v) is 2.33. The predicted octanol–water partition coefficient (Wildman–Crippen LogP) is 2.93. The summed E-state index contributed by atoms with van der Waals surface area (Å²) in [6.45, 7) is 6.31. The van der Waals surface area contributed by atoms with Crippen LogP contribution in [0.3, 0.4) is 0 Å². The number of aromatic nitrogens is 1. The van der Waals surface area contributed by atoms with E-state index in [-0.39, 0.29) is 11.3 Å². The monoisotopic (exact) mass is 344 g/mol. The Hall–Kier alpha value is -2.96. The van der Waals surface area contributed by atoms with Crippen molar-refractivity contribution in [2.45, 2.75) is 40.2 Å². The first-order valence-corrected chi connectivity index (χ1v) is 7.92. The second-order valence-corrected chi connectivity index (χ2v) is 5.55. The zero-order chi connectivity index (χ0) is 18.6. The van der Waals surface area contributed by atoms with Gasteiger partial charge in [-0.1, -0.05) is 24.2 Å². The van der Waals surface area contributed by atoms with Gasteiger partial charge in [0.15, 0.2) is 11.9 Å². The molecular weight excluding hydrogens is 324 g/mol. The van der Waals surface area contributed by atoms with Crippen LogP contribution in [-0.2, 0) is 16.0 Å². The third kappa shape index (κ3) is 4.12. The van der Waals surface area contributed by atoms with Gasteiger partial charge in [-0.05, 0) is 39.3 Å². The smallest absolute Gasteiger partial charge is 0.344 e. The maximum Gasteiger partial charge on any atom is 0.344 e. The average Bonchev–Trinajstić information content (AvgIpc) is 2.95. The van der Waals surface area contributed by atoms with Crippen LogP contribution in [0, 0.1) is 6.92 Å². The molecule has 132 valence electrons. The molecule has 2 aromatic rings. The number of benzene rings is 1. The molecule has 0 bridgehead atoms. The fraction of sp³-hybridized carbons (Fsp3) is 0.333. The van der Waals surface area contributed by atoms with Crippen molar-refractivity contribution >= 4 is 23.3 Å². The highest BCUT2D eigenvalue weighted by Gasteiger charge is 2.25. The minimum atomic E-state index is -1.05. The Balaban J connectivity index is 2.09. The molecule has 0 aliphatic rings. The molecule has 1 atom stereocenters. The molecule has 7 nitrogen and oxygen atoms in total. The highest BCUT2D eigenvalue weighted by molar-refractivity contribution is 6.05. The van der Waals surface area contributed by atoms with Crippen LogP contribution in [-0.4, -0.2) is 28.9 Å². The Morgan fingerprint density at radius 2 is 1.96 bits per heavy atom. The van der Waals surface area contributed by atoms with Gasteiger partial charge in [-0.3, -0.25) is 9.59 Å². The van der Waals surface area contributed by atoms with Crippen molar-refractivity contribution in [3.8, 4) is 0 Å². The standard InChI is InChI=1S/C18H20N2O5/c1-5-14-16(11(3)25-20-14)18(23)24-12(4)17(22)19-15-9-7-6-8-13(15)10(2)21/h6-9,12H,5H2,1-4H3,(H,19,22)/t12-/m0/s1. The molecule has 0 radical (unpaired) electrons. The summed E-state index contributed by atoms with van der Waals surface area (Å²) in [6, 6.07) is 6.63. The number of amides is 1. The molecule has 0 aliphatic carbocycles. The fourth-order valence-electron chi connectivity index (χ4n) is 2.33. The number of para-hydroxylation sites is 1. The molecule has 2 rings (SSSR count). The Morgan fingerprint density at radius 3 is 2.60 bits per heavy atom. The molecule has 1 N–H and O–H groups in total. The summed E-state index contributed by atoms with van der Waals surface area (Å²) in [5, 5.41) is 6.40. The molecule has 0 saturated heterocycles. The summed E-state index contributed by atoms with van der Waals surface area (Å²) in [5.41, 5.74) is 1.49. The van der Waals surface area contributed by atoms with E-state index in [9.17, 15) is 14.4 Å². The third-order valence-electron chi connectivity index (χ3n) is 3.69. The molecular formula is C18H20N2O5. The molecule has 0 spiro atoms. The number of hydrogen-bond donors (Lipinski definition) is 1. The second kappa shape index (κ2) is 7.74. The quantitative estimate of drug-likeness (QED) is 0.639. The molecule has 0 unspecified atom stereocenters. The van der Waals surface area contributed by atoms with Crippen LogP contribution in [0.15, 0.2) is 28.8 Å². The topological polar surface area (TPSA) is 98.5 Å². The van der Waals surface area contributed by atoms with Gasteiger partial charge >= 0.3 is 5.97 Å². The van der Waals surface area contributed by atoms with Crippen LogP contribution in [0.2, 0.25) is 0 Å². The van der Waals surface area contributed by atoms with Crippen molar-refractivity contribution in [1.82, 2.24) is 5.16 Å². The first-order valence-electron chi connectivity index (χ1n) is 7.92. The maximum absolute atomic E-state index is 12.3. The SMILES string of the molecule is CCc1noc(C)c1C(=O)O[C@@H](C)C(=O)Nc1ccccc1C(C)=O. The molecule has 1 amide bonds. The zero-order valence-electron chi connectivity index (χ0n) is 14.6. The maximum atomic E-state index is 12.3. The summed E-state index contributed by atoms with van der Waals surface area (Å²) in [6.07, 6.45) is -0.541. The van der Waals surface area contributed by atoms with Crippen LogP contribution < -0.4 is 5.32 Å². The highest BCUT2D eigenvalue weighted by atomic mass is 16.5. The average molecular weight is 344 g/mol. The first-order chi connectivity index (χ1) is 11.8. The van der Waals surface area contributed by atoms with Crippen LogP contribution in [0.4, 0.5) is 5.69 Å². The van der Waals surface area contributed by atoms with Crippen molar-refractivity contribution in [2.24, 2.45) is 0 Å². The van der Waals surface area contributed by atoms with E-state index in [1.165, 1.54) is 13.8 Å². The van der Waals surface area contributed by atoms with E-state index in [0.717, 1.165) is 0 Å². The van der Waals surface area contributed by atoms with Gasteiger partial charge in [-0.2, -0.15) is 0 Å². The lowest BCUT2D eigenvalue weighted by molar-refractivity contribution is -0.123. The molecule has 1 heterocycles. The van der Waals surface area contributed by atoms with Gasteiger partial charge in [0.1, 0.15) is 11.3 Å². The molecule has 0 aliphatic heterocycles. The van der Waals surface area contributed by atoms with E-state index in [2.05, 4.69) is 10.5 Å². The Bertz CT molecular complexity index is 810. The number of hydrogen-bond acceptors (Lipinski definition) is 6. The van der Waals surface area contributed by atoms with E-state index < -0.39 is 18.0 Å². The number of carbonyl (C=O) groups is 3. The number of aryl methyl sites for hydroxylation is 2. The molecule has 0 saturated carbocycles. The Kier molecular flexibility index (Phi) is 5.69. The van der Waals surface area contributed by atoms with Crippen LogP contribution in [0.25, 0.3) is 0 Å². The normalized spacial score (nSPS) is 11.7. The summed E-state index contributed by atoms with van der Waals surface area (Å²) in [5.74, 6) is -1.03. The number of carbonyl (C=O) groups excluding carboxylic acids is 3. The molecule has 25 heavy (non-hydrogen) atoms. The van der Waals surface area contributed by atoms with Crippen LogP contribution in [0.1, 0.15) is 52.9 Å². The summed E-state index contributed by atoms with van der Waals surface area (Å²) in [4.78, 5) is 36.2. The van der Waals surface area contributed by atoms with Crippen LogP contribution in [0.5, 0.6) is 0 Å². The van der Waals surface area contributed by atoms with Gasteiger partial charge in [0.05, 0.1) is 11.4 Å². The van der Waals surface area contributed by atoms with Gasteiger partial charge in [-0.15, -0.1) is 0 Å². The molecule has 0 fully saturated rings. The van der Waals surface area contributed by atoms with E-state index >= 15 is 0 Å². The number of rotatable bonds is 6. The Morgan fingerprint density at radius 1 is 1.28 bits per heavy atom. The summed E-state index contributed by atoms with van der Waals surface area (Å²) in [7, 11) is 0. The van der Waals surface area contributed by atoms with Gasteiger partial charge in [0.2, 0.25) is 0 Å². The van der Waals surface area contributed by atoms with E-state index in [4.69, 9.17) is 9.26 Å². The first kappa shape index (κ1) is 18.4. The van der Waals surface area contributed by atoms with Gasteiger partial charge in [0, 0.05) is 5.56 Å². The number of esters is 1. The lowest BCUT2D eigenvalue weighted by Crippen LogP contribution is -2.30. The van der Waals surface area contributed by atoms with E-state index in [0.29, 0.717) is 29.1 Å². The largest absolute Gasteiger partial charge is 0.449 e. The zero-order valence-corrected chi connectivity index (χ0v) is 14.6. The van der Waals surface area contributed by atoms with Gasteiger partial charge in [-0.25, -0.2) is 4.79 Å². The number of nitrogens with one attached hydrogen (secondary N) is 1. The number of nitrogens with zero attached hydrogens (tertiary/aromatic N) is 1. The van der Waals surface area contributed by atoms with Crippen molar-refractivity contribution in [3.63, 3.8) is 0 Å². The van der Waals surface area contributed by atoms with Gasteiger partial charge < -0.3 is 14.6 Å². The third-order valence-corrected chi connectivity index (χ3v) is 3.69. The van der Waals surface area contributed by atoms with Crippen molar-refractivity contribution in [2.75, 3.05) is 5.32 Å². The number of ketones is 1. The van der Waals surface area contributed by atoms with E-state index in [1.807, 2.05) is 6.92 Å². The van der Waals surface area contributed by atoms with Gasteiger partial charge in [0.25, 0.3) is 5.91 Å².